The molecule has 1 saturated heterocycles. The van der Waals surface area contributed by atoms with Crippen LogP contribution in [0.5, 0.6) is 0 Å². The van der Waals surface area contributed by atoms with Gasteiger partial charge in [0.1, 0.15) is 18.4 Å². The number of benzene rings is 2. The monoisotopic (exact) mass is 609 g/mol. The molecule has 9 nitrogen and oxygen atoms in total. The molecule has 1 atom stereocenters. The number of hydrogen-bond donors (Lipinski definition) is 0. The van der Waals surface area contributed by atoms with Crippen LogP contribution in [0.25, 0.3) is 16.7 Å². The number of halogens is 4. The van der Waals surface area contributed by atoms with E-state index in [1.54, 1.807) is 31.2 Å². The van der Waals surface area contributed by atoms with Gasteiger partial charge in [-0.1, -0.05) is 13.0 Å². The minimum atomic E-state index is -4.94. The number of carbonyl (C=O) groups excluding carboxylic acids is 1. The van der Waals surface area contributed by atoms with E-state index in [1.807, 2.05) is 13.0 Å². The van der Waals surface area contributed by atoms with E-state index in [-0.39, 0.29) is 49.0 Å². The fraction of sp³-hybridized carbons (Fsp3) is 0.323. The summed E-state index contributed by atoms with van der Waals surface area (Å²) in [5, 5.41) is 9.48. The molecule has 0 radical (unpaired) electrons. The normalized spacial score (nSPS) is 15.5. The number of aromatic nitrogens is 3. The molecular weight excluding hydrogens is 582 g/mol. The molecule has 0 N–H and O–H groups in total. The highest BCUT2D eigenvalue weighted by Crippen LogP contribution is 2.33. The van der Waals surface area contributed by atoms with E-state index in [0.29, 0.717) is 23.4 Å². The number of amides is 1. The molecule has 1 aliphatic heterocycles. The molecule has 1 amide bonds. The Morgan fingerprint density at radius 3 is 2.52 bits per heavy atom. The highest BCUT2D eigenvalue weighted by molar-refractivity contribution is 5.79. The summed E-state index contributed by atoms with van der Waals surface area (Å²) in [6.45, 7) is 4.05. The van der Waals surface area contributed by atoms with Crippen LogP contribution in [0.3, 0.4) is 0 Å². The van der Waals surface area contributed by atoms with E-state index in [2.05, 4.69) is 9.97 Å². The second-order valence-electron chi connectivity index (χ2n) is 11.0. The molecule has 1 aliphatic rings. The number of alkyl halides is 3. The summed E-state index contributed by atoms with van der Waals surface area (Å²) in [5.74, 6) is -1.90. The number of nitriles is 1. The summed E-state index contributed by atoms with van der Waals surface area (Å²) >= 11 is 0. The van der Waals surface area contributed by atoms with Gasteiger partial charge in [-0.25, -0.2) is 14.4 Å². The lowest BCUT2D eigenvalue weighted by atomic mass is 9.90. The maximum Gasteiger partial charge on any atom is 0.419 e. The molecule has 0 unspecified atom stereocenters. The lowest BCUT2D eigenvalue weighted by Gasteiger charge is -2.40. The number of hydrogen-bond acceptors (Lipinski definition) is 7. The Balaban J connectivity index is 1.62. The molecule has 0 aliphatic carbocycles. The summed E-state index contributed by atoms with van der Waals surface area (Å²) in [6.07, 6.45) is -3.96. The van der Waals surface area contributed by atoms with Gasteiger partial charge in [-0.15, -0.1) is 0 Å². The van der Waals surface area contributed by atoms with E-state index in [4.69, 9.17) is 9.47 Å². The number of rotatable bonds is 7. The van der Waals surface area contributed by atoms with Crippen LogP contribution in [0.2, 0.25) is 0 Å². The van der Waals surface area contributed by atoms with Crippen LogP contribution in [0, 0.1) is 22.6 Å². The molecule has 3 heterocycles. The average Bonchev–Trinajstić information content (AvgIpc) is 3.00. The zero-order valence-electron chi connectivity index (χ0n) is 23.8. The van der Waals surface area contributed by atoms with Crippen molar-refractivity contribution in [1.29, 1.82) is 5.26 Å². The standard InChI is InChI=1S/C31H27F4N5O4/c1-19(28-38-27-23(4-3-11-37-27)29(42)40(28)22-8-5-20(14-36)6-9-22)39(15-30(2)16-43-18-44-17-30)26(41)13-21-7-10-25(32)24(12-21)31(33,34)35/h3-12,19H,13,15-18H2,1-2H3/t19-/m1/s1. The van der Waals surface area contributed by atoms with Gasteiger partial charge in [-0.05, 0) is 61.0 Å². The quantitative estimate of drug-likeness (QED) is 0.273. The minimum absolute atomic E-state index is 0.0316. The third-order valence-corrected chi connectivity index (χ3v) is 7.40. The number of nitrogens with zero attached hydrogens (tertiary/aromatic N) is 5. The van der Waals surface area contributed by atoms with Crippen LogP contribution >= 0.6 is 0 Å². The summed E-state index contributed by atoms with van der Waals surface area (Å²) in [7, 11) is 0. The lowest BCUT2D eigenvalue weighted by molar-refractivity contribution is -0.170. The van der Waals surface area contributed by atoms with E-state index < -0.39 is 46.9 Å². The summed E-state index contributed by atoms with van der Waals surface area (Å²) < 4.78 is 66.6. The molecule has 228 valence electrons. The molecular formula is C31H27F4N5O4. The number of fused-ring (bicyclic) bond motifs is 1. The first-order valence-corrected chi connectivity index (χ1v) is 13.6. The van der Waals surface area contributed by atoms with E-state index in [0.717, 1.165) is 6.07 Å². The van der Waals surface area contributed by atoms with Gasteiger partial charge in [0, 0.05) is 18.2 Å². The van der Waals surface area contributed by atoms with Crippen LogP contribution in [0.1, 0.15) is 42.4 Å². The summed E-state index contributed by atoms with van der Waals surface area (Å²) in [5.41, 5.74) is -1.81. The highest BCUT2D eigenvalue weighted by Gasteiger charge is 2.38. The minimum Gasteiger partial charge on any atom is -0.355 e. The van der Waals surface area contributed by atoms with Crippen molar-refractivity contribution in [1.82, 2.24) is 19.4 Å². The maximum absolute atomic E-state index is 14.0. The predicted molar refractivity (Wildman–Crippen MR) is 150 cm³/mol. The first-order chi connectivity index (χ1) is 20.9. The molecule has 1 fully saturated rings. The van der Waals surface area contributed by atoms with E-state index >= 15 is 0 Å². The van der Waals surface area contributed by atoms with Crippen molar-refractivity contribution in [3.8, 4) is 11.8 Å². The number of carbonyl (C=O) groups is 1. The van der Waals surface area contributed by atoms with Crippen LogP contribution in [0.15, 0.2) is 65.6 Å². The first-order valence-electron chi connectivity index (χ1n) is 13.6. The van der Waals surface area contributed by atoms with Gasteiger partial charge in [0.15, 0.2) is 5.65 Å². The van der Waals surface area contributed by atoms with Crippen molar-refractivity contribution in [2.24, 2.45) is 5.41 Å². The van der Waals surface area contributed by atoms with Crippen molar-refractivity contribution in [2.45, 2.75) is 32.5 Å². The third-order valence-electron chi connectivity index (χ3n) is 7.40. The SMILES string of the molecule is C[C@H](c1nc2ncccc2c(=O)n1-c1ccc(C#N)cc1)N(CC1(C)COCOC1)C(=O)Cc1ccc(F)c(C(F)(F)F)c1. The van der Waals surface area contributed by atoms with Crippen LogP contribution in [-0.4, -0.2) is 51.9 Å². The topological polar surface area (TPSA) is 110 Å². The van der Waals surface area contributed by atoms with Gasteiger partial charge < -0.3 is 14.4 Å². The first kappa shape index (κ1) is 30.8. The second kappa shape index (κ2) is 12.1. The van der Waals surface area contributed by atoms with Crippen molar-refractivity contribution < 1.29 is 31.8 Å². The van der Waals surface area contributed by atoms with E-state index in [1.165, 1.54) is 27.8 Å². The average molecular weight is 610 g/mol. The Hall–Kier alpha value is -4.67. The van der Waals surface area contributed by atoms with Crippen molar-refractivity contribution >= 4 is 16.9 Å². The highest BCUT2D eigenvalue weighted by atomic mass is 19.4. The fourth-order valence-electron chi connectivity index (χ4n) is 5.19. The maximum atomic E-state index is 14.0. The largest absolute Gasteiger partial charge is 0.419 e. The molecule has 0 bridgehead atoms. The third kappa shape index (κ3) is 6.31. The van der Waals surface area contributed by atoms with Gasteiger partial charge in [-0.2, -0.15) is 18.4 Å². The summed E-state index contributed by atoms with van der Waals surface area (Å²) in [6, 6.07) is 12.9. The van der Waals surface area contributed by atoms with Gasteiger partial charge in [0.25, 0.3) is 5.56 Å². The zero-order chi connectivity index (χ0) is 31.6. The van der Waals surface area contributed by atoms with Crippen LogP contribution in [-0.2, 0) is 26.9 Å². The Morgan fingerprint density at radius 1 is 1.16 bits per heavy atom. The van der Waals surface area contributed by atoms with Crippen molar-refractivity contribution in [3.05, 3.63) is 99.5 Å². The molecule has 0 spiro atoms. The molecule has 0 saturated carbocycles. The number of ether oxygens (including phenoxy) is 2. The molecule has 13 heteroatoms. The number of pyridine rings is 1. The van der Waals surface area contributed by atoms with Gasteiger partial charge >= 0.3 is 6.18 Å². The molecule has 5 rings (SSSR count). The van der Waals surface area contributed by atoms with Gasteiger partial charge in [0.2, 0.25) is 5.91 Å². The molecule has 2 aromatic carbocycles. The molecule has 4 aromatic rings. The Kier molecular flexibility index (Phi) is 8.49. The lowest BCUT2D eigenvalue weighted by Crippen LogP contribution is -2.48. The van der Waals surface area contributed by atoms with Gasteiger partial charge in [0.05, 0.1) is 53.9 Å². The Labute approximate surface area is 249 Å². The molecule has 44 heavy (non-hydrogen) atoms. The van der Waals surface area contributed by atoms with E-state index in [9.17, 15) is 32.4 Å². The van der Waals surface area contributed by atoms with Crippen molar-refractivity contribution in [2.75, 3.05) is 26.6 Å². The zero-order valence-corrected chi connectivity index (χ0v) is 23.8. The van der Waals surface area contributed by atoms with Crippen LogP contribution < -0.4 is 5.56 Å². The summed E-state index contributed by atoms with van der Waals surface area (Å²) in [4.78, 5) is 38.1. The smallest absolute Gasteiger partial charge is 0.355 e. The van der Waals surface area contributed by atoms with Crippen molar-refractivity contribution in [3.63, 3.8) is 0 Å². The predicted octanol–water partition coefficient (Wildman–Crippen LogP) is 4.95. The molecule has 2 aromatic heterocycles. The Morgan fingerprint density at radius 2 is 1.86 bits per heavy atom. The second-order valence-corrected chi connectivity index (χ2v) is 11.0. The van der Waals surface area contributed by atoms with Gasteiger partial charge in [-0.3, -0.25) is 14.2 Å². The Bertz CT molecular complexity index is 1790. The fourth-order valence-corrected chi connectivity index (χ4v) is 5.19. The van der Waals surface area contributed by atoms with Crippen LogP contribution in [0.4, 0.5) is 17.6 Å².